The van der Waals surface area contributed by atoms with Gasteiger partial charge in [0, 0.05) is 0 Å². The summed E-state index contributed by atoms with van der Waals surface area (Å²) in [5.41, 5.74) is 0. The Hall–Kier alpha value is 0.176. The quantitative estimate of drug-likeness (QED) is 0.611. The van der Waals surface area contributed by atoms with Crippen molar-refractivity contribution in [1.82, 2.24) is 0 Å². The van der Waals surface area contributed by atoms with Gasteiger partial charge >= 0.3 is 56.3 Å². The fourth-order valence-electron chi connectivity index (χ4n) is 0.391. The molecule has 0 unspecified atom stereocenters. The zero-order valence-electron chi connectivity index (χ0n) is 5.36. The molecule has 0 amide bonds. The molecule has 0 N–H and O–H groups in total. The number of carbonyl (C=O) groups is 1. The van der Waals surface area contributed by atoms with E-state index in [4.69, 9.17) is 0 Å². The maximum absolute atomic E-state index is 10.6. The van der Waals surface area contributed by atoms with Crippen LogP contribution < -0.4 is 0 Å². The minimum absolute atomic E-state index is 0.364. The minimum atomic E-state index is 0.364. The van der Waals surface area contributed by atoms with Gasteiger partial charge in [0.1, 0.15) is 0 Å². The molecule has 0 spiro atoms. The van der Waals surface area contributed by atoms with Gasteiger partial charge in [-0.3, -0.25) is 0 Å². The van der Waals surface area contributed by atoms with Gasteiger partial charge in [0.2, 0.25) is 0 Å². The van der Waals surface area contributed by atoms with E-state index in [-0.39, 0.29) is 0 Å². The van der Waals surface area contributed by atoms with Crippen LogP contribution in [0.25, 0.3) is 0 Å². The van der Waals surface area contributed by atoms with Crippen molar-refractivity contribution >= 4 is 4.72 Å². The van der Waals surface area contributed by atoms with E-state index in [0.717, 1.165) is 34.0 Å². The summed E-state index contributed by atoms with van der Waals surface area (Å²) in [6.45, 7) is 2.10. The van der Waals surface area contributed by atoms with E-state index >= 15 is 0 Å². The van der Waals surface area contributed by atoms with E-state index in [1.54, 1.807) is 0 Å². The van der Waals surface area contributed by atoms with Gasteiger partial charge < -0.3 is 0 Å². The van der Waals surface area contributed by atoms with Gasteiger partial charge in [-0.1, -0.05) is 0 Å². The molecular weight excluding hydrogens is 147 g/mol. The Labute approximate surface area is 56.8 Å². The fourth-order valence-corrected chi connectivity index (χ4v) is 0.835. The molecule has 8 heavy (non-hydrogen) atoms. The van der Waals surface area contributed by atoms with Crippen molar-refractivity contribution in [2.45, 2.75) is 32.0 Å². The van der Waals surface area contributed by atoms with E-state index in [0.29, 0.717) is 4.72 Å². The second kappa shape index (κ2) is 5.32. The van der Waals surface area contributed by atoms with Crippen molar-refractivity contribution in [3.8, 4) is 0 Å². The predicted octanol–water partition coefficient (Wildman–Crippen LogP) is 1.83. The molecule has 0 aromatic heterocycles. The van der Waals surface area contributed by atoms with Crippen molar-refractivity contribution in [3.05, 3.63) is 0 Å². The monoisotopic (exact) mass is 159 g/mol. The van der Waals surface area contributed by atoms with Crippen molar-refractivity contribution < 1.29 is 19.5 Å². The van der Waals surface area contributed by atoms with Crippen molar-refractivity contribution in [2.24, 2.45) is 0 Å². The summed E-state index contributed by atoms with van der Waals surface area (Å²) in [5, 5.41) is 0. The molecule has 0 radical (unpaired) electrons. The summed E-state index contributed by atoms with van der Waals surface area (Å²) in [7, 11) is 0. The third kappa shape index (κ3) is 4.34. The van der Waals surface area contributed by atoms with Gasteiger partial charge in [0.05, 0.1) is 0 Å². The van der Waals surface area contributed by atoms with Gasteiger partial charge in [-0.15, -0.1) is 0 Å². The summed E-state index contributed by atoms with van der Waals surface area (Å²) in [6.07, 6.45) is 2.95. The molecule has 0 bridgehead atoms. The van der Waals surface area contributed by atoms with Crippen molar-refractivity contribution in [3.63, 3.8) is 0 Å². The second-order valence-corrected chi connectivity index (χ2v) is 2.70. The van der Waals surface area contributed by atoms with E-state index < -0.39 is 0 Å². The molecule has 0 atom stereocenters. The van der Waals surface area contributed by atoms with E-state index in [9.17, 15) is 4.79 Å². The molecule has 0 heterocycles. The van der Waals surface area contributed by atoms with Crippen LogP contribution in [-0.4, -0.2) is 4.72 Å². The number of hydrogen-bond donors (Lipinski definition) is 0. The number of unbranched alkanes of at least 4 members (excludes halogenated alkanes) is 1. The van der Waals surface area contributed by atoms with Gasteiger partial charge in [0.25, 0.3) is 0 Å². The maximum atomic E-state index is 10.6. The fraction of sp³-hybridized carbons (Fsp3) is 0.833. The SMILES string of the molecule is CCCC[C](=O)[Co][CH3]. The molecule has 0 aliphatic carbocycles. The van der Waals surface area contributed by atoms with Crippen LogP contribution in [0.15, 0.2) is 0 Å². The molecule has 0 aromatic carbocycles. The van der Waals surface area contributed by atoms with Crippen LogP contribution in [0.3, 0.4) is 0 Å². The molecule has 0 saturated heterocycles. The first-order valence-corrected chi connectivity index (χ1v) is 4.33. The predicted molar refractivity (Wildman–Crippen MR) is 30.4 cm³/mol. The normalized spacial score (nSPS) is 9.75. The number of hydrogen-bond acceptors (Lipinski definition) is 1. The average Bonchev–Trinajstić information content (AvgIpc) is 1.83. The second-order valence-electron chi connectivity index (χ2n) is 1.60. The molecular formula is C6H12CoO. The summed E-state index contributed by atoms with van der Waals surface area (Å²) >= 11 is 0.940. The zero-order chi connectivity index (χ0) is 6.41. The summed E-state index contributed by atoms with van der Waals surface area (Å²) in [5.74, 6) is 1.88. The van der Waals surface area contributed by atoms with Crippen molar-refractivity contribution in [2.75, 3.05) is 0 Å². The van der Waals surface area contributed by atoms with Crippen LogP contribution >= 0.6 is 0 Å². The van der Waals surface area contributed by atoms with Crippen LogP contribution in [0, 0.1) is 0 Å². The Balaban J connectivity index is 2.99. The molecule has 51 valence electrons. The average molecular weight is 159 g/mol. The Morgan fingerprint density at radius 1 is 1.62 bits per heavy atom. The third-order valence-electron chi connectivity index (χ3n) is 0.902. The molecule has 1 nitrogen and oxygen atoms in total. The van der Waals surface area contributed by atoms with Gasteiger partial charge in [-0.2, -0.15) is 0 Å². The Morgan fingerprint density at radius 3 is 2.62 bits per heavy atom. The van der Waals surface area contributed by atoms with E-state index in [1.807, 2.05) is 5.86 Å². The van der Waals surface area contributed by atoms with Crippen LogP contribution in [0.5, 0.6) is 0 Å². The summed E-state index contributed by atoms with van der Waals surface area (Å²) in [6, 6.07) is 0. The van der Waals surface area contributed by atoms with Crippen molar-refractivity contribution in [1.29, 1.82) is 0 Å². The molecule has 0 rings (SSSR count). The molecule has 0 fully saturated rings. The van der Waals surface area contributed by atoms with E-state index in [2.05, 4.69) is 6.92 Å². The molecule has 0 aliphatic heterocycles. The molecule has 0 aliphatic rings. The van der Waals surface area contributed by atoms with Gasteiger partial charge in [-0.05, 0) is 0 Å². The third-order valence-corrected chi connectivity index (χ3v) is 1.74. The van der Waals surface area contributed by atoms with Crippen LogP contribution in [-0.2, 0) is 19.5 Å². The standard InChI is InChI=1S/C5H9O.CH3.Co/c1-2-3-4-5-6;;/h2-4H2,1H3;1H3;. The molecule has 2 heteroatoms. The summed E-state index contributed by atoms with van der Waals surface area (Å²) < 4.78 is 0.364. The van der Waals surface area contributed by atoms with E-state index in [1.165, 1.54) is 0 Å². The number of rotatable bonds is 4. The topological polar surface area (TPSA) is 17.1 Å². The first kappa shape index (κ1) is 8.18. The Kier molecular flexibility index (Phi) is 5.43. The molecule has 0 aromatic rings. The van der Waals surface area contributed by atoms with Crippen LogP contribution in [0.2, 0.25) is 5.86 Å². The van der Waals surface area contributed by atoms with Gasteiger partial charge in [-0.25, -0.2) is 0 Å². The first-order chi connectivity index (χ1) is 3.81. The van der Waals surface area contributed by atoms with Gasteiger partial charge in [0.15, 0.2) is 0 Å². The Bertz CT molecular complexity index is 70.9. The Morgan fingerprint density at radius 2 is 2.25 bits per heavy atom. The van der Waals surface area contributed by atoms with Crippen LogP contribution in [0.4, 0.5) is 0 Å². The summed E-state index contributed by atoms with van der Waals surface area (Å²) in [4.78, 5) is 10.6. The van der Waals surface area contributed by atoms with Crippen LogP contribution in [0.1, 0.15) is 26.2 Å². The first-order valence-electron chi connectivity index (χ1n) is 2.76. The zero-order valence-corrected chi connectivity index (χ0v) is 6.40. The molecule has 0 saturated carbocycles. The number of carbonyl (C=O) groups excluding carboxylic acids is 1.